The number of unbranched alkanes of at least 4 members (excludes halogenated alkanes) is 5. The number of allylic oxidation sites excluding steroid dienone is 6. The van der Waals surface area contributed by atoms with Gasteiger partial charge >= 0.3 is 5.97 Å². The molecule has 0 aromatic rings. The Morgan fingerprint density at radius 3 is 2.49 bits per heavy atom. The van der Waals surface area contributed by atoms with Crippen molar-refractivity contribution in [2.45, 2.75) is 98.6 Å². The Hall–Kier alpha value is -1.11. The molecule has 0 radical (unpaired) electrons. The van der Waals surface area contributed by atoms with Crippen LogP contribution in [0.2, 0.25) is 13.1 Å². The van der Waals surface area contributed by atoms with Crippen molar-refractivity contribution >= 4 is 32.6 Å². The summed E-state index contributed by atoms with van der Waals surface area (Å²) in [7, 11) is 0.524. The molecular formula is C29H50O4SSi. The monoisotopic (exact) mass is 522 g/mol. The van der Waals surface area contributed by atoms with Crippen molar-refractivity contribution in [2.24, 2.45) is 17.3 Å². The zero-order valence-corrected chi connectivity index (χ0v) is 25.3. The number of Topliss-reactive ketones (excluding diaryl/α,β-unsaturated/α-hetero) is 1. The van der Waals surface area contributed by atoms with Crippen LogP contribution in [0.25, 0.3) is 0 Å². The fourth-order valence-corrected chi connectivity index (χ4v) is 5.70. The number of thioether (sulfide) groups is 1. The first-order valence-electron chi connectivity index (χ1n) is 13.6. The van der Waals surface area contributed by atoms with E-state index in [-0.39, 0.29) is 23.1 Å². The molecule has 2 atom stereocenters. The van der Waals surface area contributed by atoms with Crippen LogP contribution in [0.3, 0.4) is 0 Å². The zero-order valence-electron chi connectivity index (χ0n) is 23.4. The molecule has 0 saturated heterocycles. The highest BCUT2D eigenvalue weighted by atomic mass is 32.2. The van der Waals surface area contributed by atoms with Gasteiger partial charge in [-0.05, 0) is 62.3 Å². The lowest BCUT2D eigenvalue weighted by Crippen LogP contribution is -2.19. The molecule has 1 aliphatic carbocycles. The van der Waals surface area contributed by atoms with E-state index in [1.54, 1.807) is 11.8 Å². The molecule has 0 aliphatic heterocycles. The molecule has 2 unspecified atom stereocenters. The Kier molecular flexibility index (Phi) is 15.8. The van der Waals surface area contributed by atoms with Crippen molar-refractivity contribution in [3.63, 3.8) is 0 Å². The Labute approximate surface area is 221 Å². The predicted octanol–water partition coefficient (Wildman–Crippen LogP) is 7.65. The highest BCUT2D eigenvalue weighted by Crippen LogP contribution is 2.37. The number of methoxy groups -OCH3 is 1. The SMILES string of the molecule is CCSC1=CC(C=CC(CCCCCO[SiH](C)C)C(C)(C)C)C(=CCCCCCC(=O)OC)C1=O. The lowest BCUT2D eigenvalue weighted by atomic mass is 9.77. The Balaban J connectivity index is 2.75. The molecule has 0 amide bonds. The first-order chi connectivity index (χ1) is 16.6. The molecule has 35 heavy (non-hydrogen) atoms. The second-order valence-electron chi connectivity index (χ2n) is 10.8. The second-order valence-corrected chi connectivity index (χ2v) is 14.5. The van der Waals surface area contributed by atoms with Gasteiger partial charge in [0.2, 0.25) is 0 Å². The van der Waals surface area contributed by atoms with Crippen molar-refractivity contribution in [3.05, 3.63) is 34.8 Å². The molecule has 0 heterocycles. The number of carbonyl (C=O) groups is 2. The van der Waals surface area contributed by atoms with E-state index in [9.17, 15) is 9.59 Å². The van der Waals surface area contributed by atoms with Gasteiger partial charge in [0.05, 0.1) is 12.0 Å². The van der Waals surface area contributed by atoms with E-state index in [0.717, 1.165) is 54.9 Å². The molecule has 0 fully saturated rings. The fourth-order valence-electron chi connectivity index (χ4n) is 4.26. The molecule has 0 bridgehead atoms. The van der Waals surface area contributed by atoms with Crippen molar-refractivity contribution < 1.29 is 18.8 Å². The van der Waals surface area contributed by atoms with E-state index in [0.29, 0.717) is 12.3 Å². The van der Waals surface area contributed by atoms with Crippen LogP contribution < -0.4 is 0 Å². The van der Waals surface area contributed by atoms with Crippen LogP contribution in [0, 0.1) is 17.3 Å². The van der Waals surface area contributed by atoms with Gasteiger partial charge in [-0.3, -0.25) is 9.59 Å². The van der Waals surface area contributed by atoms with Crippen molar-refractivity contribution in [3.8, 4) is 0 Å². The Morgan fingerprint density at radius 2 is 1.86 bits per heavy atom. The number of hydrogen-bond acceptors (Lipinski definition) is 5. The third-order valence-corrected chi connectivity index (χ3v) is 8.25. The number of ketones is 1. The number of ether oxygens (including phenoxy) is 1. The first-order valence-corrected chi connectivity index (χ1v) is 17.3. The highest BCUT2D eigenvalue weighted by molar-refractivity contribution is 8.04. The van der Waals surface area contributed by atoms with Crippen molar-refractivity contribution in [2.75, 3.05) is 19.5 Å². The minimum atomic E-state index is -0.906. The summed E-state index contributed by atoms with van der Waals surface area (Å²) in [4.78, 5) is 25.2. The highest BCUT2D eigenvalue weighted by Gasteiger charge is 2.29. The molecule has 200 valence electrons. The fraction of sp³-hybridized carbons (Fsp3) is 0.724. The summed E-state index contributed by atoms with van der Waals surface area (Å²) in [5.74, 6) is 1.50. The molecular weight excluding hydrogens is 472 g/mol. The molecule has 1 aliphatic rings. The third kappa shape index (κ3) is 13.1. The Morgan fingerprint density at radius 1 is 1.14 bits per heavy atom. The smallest absolute Gasteiger partial charge is 0.305 e. The van der Waals surface area contributed by atoms with Gasteiger partial charge < -0.3 is 9.16 Å². The number of rotatable bonds is 17. The summed E-state index contributed by atoms with van der Waals surface area (Å²) < 4.78 is 10.5. The maximum Gasteiger partial charge on any atom is 0.305 e. The van der Waals surface area contributed by atoms with Crippen LogP contribution in [-0.4, -0.2) is 40.3 Å². The third-order valence-electron chi connectivity index (χ3n) is 6.43. The molecule has 0 spiro atoms. The van der Waals surface area contributed by atoms with Gasteiger partial charge in [0.1, 0.15) is 0 Å². The van der Waals surface area contributed by atoms with Gasteiger partial charge in [0.25, 0.3) is 0 Å². The molecule has 0 aromatic carbocycles. The second kappa shape index (κ2) is 17.4. The number of carbonyl (C=O) groups excluding carboxylic acids is 2. The van der Waals surface area contributed by atoms with Gasteiger partial charge in [-0.2, -0.15) is 0 Å². The van der Waals surface area contributed by atoms with Crippen LogP contribution >= 0.6 is 11.8 Å². The molecule has 0 N–H and O–H groups in total. The predicted molar refractivity (Wildman–Crippen MR) is 153 cm³/mol. The molecule has 0 aromatic heterocycles. The van der Waals surface area contributed by atoms with Crippen LogP contribution in [0.4, 0.5) is 0 Å². The van der Waals surface area contributed by atoms with Gasteiger partial charge in [-0.1, -0.05) is 71.3 Å². The number of esters is 1. The lowest BCUT2D eigenvalue weighted by Gasteiger charge is -2.28. The summed E-state index contributed by atoms with van der Waals surface area (Å²) in [6.07, 6.45) is 17.8. The maximum atomic E-state index is 13.1. The normalized spacial score (nSPS) is 18.6. The molecule has 1 rings (SSSR count). The van der Waals surface area contributed by atoms with E-state index in [4.69, 9.17) is 9.16 Å². The molecule has 6 heteroatoms. The van der Waals surface area contributed by atoms with E-state index in [1.807, 2.05) is 0 Å². The summed E-state index contributed by atoms with van der Waals surface area (Å²) in [5.41, 5.74) is 1.11. The van der Waals surface area contributed by atoms with E-state index < -0.39 is 9.04 Å². The summed E-state index contributed by atoms with van der Waals surface area (Å²) in [6.45, 7) is 14.4. The zero-order chi connectivity index (χ0) is 26.3. The van der Waals surface area contributed by atoms with Gasteiger partial charge in [0, 0.05) is 24.5 Å². The standard InChI is InChI=1S/C29H50O4SSi/c1-8-34-26-22-23(25(28(26)31)17-13-9-10-14-18-27(30)32-5)19-20-24(29(2,3)4)16-12-11-15-21-33-35(6)7/h17,19-20,22-24,35H,8-16,18,21H2,1-7H3. The lowest BCUT2D eigenvalue weighted by molar-refractivity contribution is -0.140. The van der Waals surface area contributed by atoms with Crippen molar-refractivity contribution in [1.29, 1.82) is 0 Å². The average molecular weight is 523 g/mol. The van der Waals surface area contributed by atoms with E-state index in [2.05, 4.69) is 65.1 Å². The minimum absolute atomic E-state index is 0.0702. The molecule has 0 saturated carbocycles. The van der Waals surface area contributed by atoms with Crippen molar-refractivity contribution in [1.82, 2.24) is 0 Å². The van der Waals surface area contributed by atoms with E-state index >= 15 is 0 Å². The van der Waals surface area contributed by atoms with Gasteiger partial charge in [0.15, 0.2) is 14.8 Å². The van der Waals surface area contributed by atoms with Crippen LogP contribution in [0.5, 0.6) is 0 Å². The Bertz CT molecular complexity index is 733. The van der Waals surface area contributed by atoms with E-state index in [1.165, 1.54) is 26.4 Å². The number of hydrogen-bond donors (Lipinski definition) is 0. The van der Waals surface area contributed by atoms with Gasteiger partial charge in [-0.15, -0.1) is 11.8 Å². The molecule has 4 nitrogen and oxygen atoms in total. The first kappa shape index (κ1) is 31.9. The summed E-state index contributed by atoms with van der Waals surface area (Å²) in [6, 6.07) is 0. The van der Waals surface area contributed by atoms with Crippen LogP contribution in [-0.2, 0) is 18.8 Å². The van der Waals surface area contributed by atoms with Gasteiger partial charge in [-0.25, -0.2) is 0 Å². The topological polar surface area (TPSA) is 52.6 Å². The largest absolute Gasteiger partial charge is 0.469 e. The van der Waals surface area contributed by atoms with Crippen LogP contribution in [0.15, 0.2) is 34.8 Å². The maximum absolute atomic E-state index is 13.1. The average Bonchev–Trinajstić information content (AvgIpc) is 3.08. The minimum Gasteiger partial charge on any atom is -0.469 e. The quantitative estimate of drug-likeness (QED) is 0.0645. The summed E-state index contributed by atoms with van der Waals surface area (Å²) in [5, 5.41) is 0. The van der Waals surface area contributed by atoms with Crippen LogP contribution in [0.1, 0.15) is 85.5 Å². The summed E-state index contributed by atoms with van der Waals surface area (Å²) >= 11 is 1.65.